The van der Waals surface area contributed by atoms with Gasteiger partial charge in [-0.3, -0.25) is 0 Å². The van der Waals surface area contributed by atoms with Gasteiger partial charge in [-0.25, -0.2) is 0 Å². The average molecular weight is 206 g/mol. The normalized spacial score (nSPS) is 10.5. The van der Waals surface area contributed by atoms with Crippen LogP contribution >= 0.6 is 0 Å². The maximum absolute atomic E-state index is 10.3. The molecule has 0 radical (unpaired) electrons. The molecule has 0 aliphatic rings. The van der Waals surface area contributed by atoms with E-state index in [-0.39, 0.29) is 0 Å². The van der Waals surface area contributed by atoms with Crippen LogP contribution in [0.2, 0.25) is 0 Å². The molecule has 5 heteroatoms. The number of para-hydroxylation sites is 1. The molecule has 1 aromatic carbocycles. The Morgan fingerprint density at radius 1 is 1.27 bits per heavy atom. The lowest BCUT2D eigenvalue weighted by Crippen LogP contribution is -2.05. The molecular weight excluding hydrogens is 196 g/mol. The van der Waals surface area contributed by atoms with E-state index in [4.69, 9.17) is 4.74 Å². The van der Waals surface area contributed by atoms with Crippen molar-refractivity contribution in [1.29, 1.82) is 0 Å². The molecular formula is C10H10N2O3. The minimum Gasteiger partial charge on any atom is -0.494 e. The van der Waals surface area contributed by atoms with Gasteiger partial charge in [0.15, 0.2) is 18.6 Å². The first-order valence-electron chi connectivity index (χ1n) is 4.26. The Kier molecular flexibility index (Phi) is 4.15. The van der Waals surface area contributed by atoms with Gasteiger partial charge in [0.05, 0.1) is 7.11 Å². The third-order valence-electron chi connectivity index (χ3n) is 1.66. The molecule has 0 N–H and O–H groups in total. The van der Waals surface area contributed by atoms with Crippen LogP contribution in [-0.2, 0) is 9.59 Å². The zero-order chi connectivity index (χ0) is 11.1. The average Bonchev–Trinajstić information content (AvgIpc) is 2.31. The molecule has 15 heavy (non-hydrogen) atoms. The molecule has 0 saturated heterocycles. The Balaban J connectivity index is 2.87. The second-order valence-electron chi connectivity index (χ2n) is 2.65. The van der Waals surface area contributed by atoms with Crippen LogP contribution in [0.25, 0.3) is 0 Å². The second kappa shape index (κ2) is 5.64. The monoisotopic (exact) mass is 206 g/mol. The van der Waals surface area contributed by atoms with E-state index in [1.54, 1.807) is 24.3 Å². The molecule has 0 atom stereocenters. The molecule has 0 amide bonds. The number of benzene rings is 1. The number of ether oxygens (including phenoxy) is 1. The topological polar surface area (TPSA) is 68.1 Å². The van der Waals surface area contributed by atoms with Gasteiger partial charge in [0.1, 0.15) is 11.4 Å². The highest BCUT2D eigenvalue weighted by Gasteiger charge is 2.03. The van der Waals surface area contributed by atoms with E-state index in [0.29, 0.717) is 24.0 Å². The number of aldehydes is 2. The van der Waals surface area contributed by atoms with Crippen molar-refractivity contribution < 1.29 is 14.3 Å². The minimum absolute atomic E-state index is 0.423. The fraction of sp³-hybridized carbons (Fsp3) is 0.200. The van der Waals surface area contributed by atoms with Gasteiger partial charge in [0, 0.05) is 0 Å². The first kappa shape index (κ1) is 11.0. The lowest BCUT2D eigenvalue weighted by atomic mass is 10.3. The number of hydrogen-bond donors (Lipinski definition) is 0. The number of rotatable bonds is 5. The van der Waals surface area contributed by atoms with Gasteiger partial charge < -0.3 is 14.3 Å². The first-order valence-corrected chi connectivity index (χ1v) is 4.26. The molecule has 0 heterocycles. The van der Waals surface area contributed by atoms with E-state index in [9.17, 15) is 9.59 Å². The van der Waals surface area contributed by atoms with Crippen molar-refractivity contribution in [2.45, 2.75) is 6.04 Å². The fourth-order valence-electron chi connectivity index (χ4n) is 0.928. The van der Waals surface area contributed by atoms with Crippen LogP contribution in [0.1, 0.15) is 0 Å². The number of azo groups is 1. The van der Waals surface area contributed by atoms with Crippen molar-refractivity contribution in [3.63, 3.8) is 0 Å². The molecule has 0 saturated carbocycles. The molecule has 1 aromatic rings. The van der Waals surface area contributed by atoms with Crippen molar-refractivity contribution in [1.82, 2.24) is 0 Å². The van der Waals surface area contributed by atoms with Crippen molar-refractivity contribution in [2.75, 3.05) is 7.11 Å². The van der Waals surface area contributed by atoms with E-state index in [0.717, 1.165) is 0 Å². The van der Waals surface area contributed by atoms with Gasteiger partial charge in [-0.1, -0.05) is 12.1 Å². The smallest absolute Gasteiger partial charge is 0.181 e. The Morgan fingerprint density at radius 2 is 1.93 bits per heavy atom. The van der Waals surface area contributed by atoms with Crippen molar-refractivity contribution >= 4 is 18.3 Å². The minimum atomic E-state index is -1.05. The molecule has 0 unspecified atom stereocenters. The maximum Gasteiger partial charge on any atom is 0.181 e. The summed E-state index contributed by atoms with van der Waals surface area (Å²) in [5.41, 5.74) is 0.480. The van der Waals surface area contributed by atoms with Gasteiger partial charge in [-0.2, -0.15) is 10.2 Å². The van der Waals surface area contributed by atoms with Crippen molar-refractivity contribution in [3.05, 3.63) is 24.3 Å². The summed E-state index contributed by atoms with van der Waals surface area (Å²) in [7, 11) is 1.51. The van der Waals surface area contributed by atoms with Gasteiger partial charge >= 0.3 is 0 Å². The van der Waals surface area contributed by atoms with Crippen LogP contribution in [0, 0.1) is 0 Å². The molecule has 0 aliphatic heterocycles. The summed E-state index contributed by atoms with van der Waals surface area (Å²) in [5, 5.41) is 7.30. The van der Waals surface area contributed by atoms with Crippen LogP contribution in [0.4, 0.5) is 5.69 Å². The zero-order valence-corrected chi connectivity index (χ0v) is 8.16. The molecule has 5 nitrogen and oxygen atoms in total. The number of carbonyl (C=O) groups is 2. The molecule has 1 rings (SSSR count). The summed E-state index contributed by atoms with van der Waals surface area (Å²) in [6.45, 7) is 0. The highest BCUT2D eigenvalue weighted by atomic mass is 16.5. The summed E-state index contributed by atoms with van der Waals surface area (Å²) >= 11 is 0. The van der Waals surface area contributed by atoms with E-state index < -0.39 is 6.04 Å². The van der Waals surface area contributed by atoms with Crippen molar-refractivity contribution in [2.24, 2.45) is 10.2 Å². The van der Waals surface area contributed by atoms with Crippen LogP contribution in [0.3, 0.4) is 0 Å². The van der Waals surface area contributed by atoms with Gasteiger partial charge in [-0.05, 0) is 12.1 Å². The van der Waals surface area contributed by atoms with E-state index in [1.165, 1.54) is 7.11 Å². The highest BCUT2D eigenvalue weighted by Crippen LogP contribution is 2.26. The van der Waals surface area contributed by atoms with Crippen molar-refractivity contribution in [3.8, 4) is 5.75 Å². The summed E-state index contributed by atoms with van der Waals surface area (Å²) < 4.78 is 5.01. The van der Waals surface area contributed by atoms with Gasteiger partial charge in [-0.15, -0.1) is 0 Å². The molecule has 0 aromatic heterocycles. The predicted molar refractivity (Wildman–Crippen MR) is 53.4 cm³/mol. The number of nitrogens with zero attached hydrogens (tertiary/aromatic N) is 2. The van der Waals surface area contributed by atoms with E-state index in [1.807, 2.05) is 0 Å². The molecule has 0 spiro atoms. The number of carbonyl (C=O) groups excluding carboxylic acids is 2. The van der Waals surface area contributed by atoms with Crippen LogP contribution in [0.15, 0.2) is 34.5 Å². The zero-order valence-electron chi connectivity index (χ0n) is 8.16. The highest BCUT2D eigenvalue weighted by molar-refractivity contribution is 5.82. The number of methoxy groups -OCH3 is 1. The Hall–Kier alpha value is -2.04. The summed E-state index contributed by atoms with van der Waals surface area (Å²) in [4.78, 5) is 20.6. The van der Waals surface area contributed by atoms with Crippen LogP contribution in [-0.4, -0.2) is 25.7 Å². The third kappa shape index (κ3) is 2.98. The lowest BCUT2D eigenvalue weighted by molar-refractivity contribution is -0.116. The van der Waals surface area contributed by atoms with Gasteiger partial charge in [0.2, 0.25) is 0 Å². The third-order valence-corrected chi connectivity index (χ3v) is 1.66. The molecule has 0 aliphatic carbocycles. The maximum atomic E-state index is 10.3. The first-order chi connectivity index (χ1) is 7.31. The van der Waals surface area contributed by atoms with E-state index in [2.05, 4.69) is 10.2 Å². The summed E-state index contributed by atoms with van der Waals surface area (Å²) in [5.74, 6) is 0.539. The number of hydrogen-bond acceptors (Lipinski definition) is 5. The Labute approximate surface area is 86.8 Å². The standard InChI is InChI=1S/C10H10N2O3/c1-15-10-5-3-2-4-9(10)12-11-8(6-13)7-14/h2-8H,1H3. The van der Waals surface area contributed by atoms with Crippen LogP contribution < -0.4 is 4.74 Å². The van der Waals surface area contributed by atoms with E-state index >= 15 is 0 Å². The Bertz CT molecular complexity index is 369. The molecule has 0 bridgehead atoms. The molecule has 78 valence electrons. The Morgan fingerprint density at radius 3 is 2.53 bits per heavy atom. The molecule has 0 fully saturated rings. The summed E-state index contributed by atoms with van der Waals surface area (Å²) in [6.07, 6.45) is 0.845. The fourth-order valence-corrected chi connectivity index (χ4v) is 0.928. The second-order valence-corrected chi connectivity index (χ2v) is 2.65. The van der Waals surface area contributed by atoms with Crippen LogP contribution in [0.5, 0.6) is 5.75 Å². The predicted octanol–water partition coefficient (Wildman–Crippen LogP) is 1.55. The largest absolute Gasteiger partial charge is 0.494 e. The van der Waals surface area contributed by atoms with Gasteiger partial charge in [0.25, 0.3) is 0 Å². The SMILES string of the molecule is COc1ccccc1N=NC(C=O)C=O. The summed E-state index contributed by atoms with van der Waals surface area (Å²) in [6, 6.07) is 5.89. The quantitative estimate of drug-likeness (QED) is 0.417. The lowest BCUT2D eigenvalue weighted by Gasteiger charge is -2.01.